The number of hydrogen-bond donors (Lipinski definition) is 3. The maximum Gasteiger partial charge on any atom is 0.307 e. The van der Waals surface area contributed by atoms with E-state index in [-0.39, 0.29) is 44.8 Å². The van der Waals surface area contributed by atoms with Gasteiger partial charge in [0, 0.05) is 12.1 Å². The fraction of sp³-hybridized carbons (Fsp3) is 0.167. The molecular weight excluding hydrogens is 515 g/mol. The van der Waals surface area contributed by atoms with Crippen LogP contribution in [0.3, 0.4) is 0 Å². The van der Waals surface area contributed by atoms with Gasteiger partial charge in [-0.05, 0) is 61.4 Å². The fourth-order valence-electron chi connectivity index (χ4n) is 3.44. The van der Waals surface area contributed by atoms with Crippen LogP contribution >= 0.6 is 23.2 Å². The van der Waals surface area contributed by atoms with Gasteiger partial charge in [0.05, 0.1) is 32.7 Å². The number of nitrogens with two attached hydrogens (primary N) is 1. The minimum atomic E-state index is -2.36. The maximum absolute atomic E-state index is 13.2. The van der Waals surface area contributed by atoms with Crippen molar-refractivity contribution in [1.82, 2.24) is 0 Å². The number of carbonyl (C=O) groups is 2. The summed E-state index contributed by atoms with van der Waals surface area (Å²) in [6.45, 7) is 3.74. The average molecular weight is 537 g/mol. The Hall–Kier alpha value is -3.11. The highest BCUT2D eigenvalue weighted by molar-refractivity contribution is 7.79. The lowest BCUT2D eigenvalue weighted by molar-refractivity contribution is -0.136. The first-order valence-electron chi connectivity index (χ1n) is 10.3. The minimum absolute atomic E-state index is 0.0140. The first-order chi connectivity index (χ1) is 16.5. The van der Waals surface area contributed by atoms with Crippen molar-refractivity contribution in [2.45, 2.75) is 25.2 Å². The summed E-state index contributed by atoms with van der Waals surface area (Å²) in [5.41, 5.74) is 8.23. The Balaban J connectivity index is 1.87. The second-order valence-corrected chi connectivity index (χ2v) is 9.31. The Labute approximate surface area is 214 Å². The maximum atomic E-state index is 13.2. The molecule has 0 aromatic heterocycles. The zero-order valence-electron chi connectivity index (χ0n) is 18.7. The molecule has 35 heavy (non-hydrogen) atoms. The minimum Gasteiger partial charge on any atom is -0.481 e. The Bertz CT molecular complexity index is 1330. The molecule has 0 heterocycles. The second-order valence-electron chi connectivity index (χ2n) is 7.56. The number of carboxylic acids is 1. The molecule has 0 spiro atoms. The van der Waals surface area contributed by atoms with E-state index in [1.165, 1.54) is 23.1 Å². The summed E-state index contributed by atoms with van der Waals surface area (Å²) >= 11 is 9.90. The molecule has 0 aliphatic carbocycles. The van der Waals surface area contributed by atoms with Gasteiger partial charge in [-0.1, -0.05) is 35.3 Å². The number of aliphatic carboxylic acids is 1. The van der Waals surface area contributed by atoms with E-state index in [9.17, 15) is 18.4 Å². The van der Waals surface area contributed by atoms with Crippen molar-refractivity contribution in [3.05, 3.63) is 75.3 Å². The van der Waals surface area contributed by atoms with Gasteiger partial charge in [0.25, 0.3) is 5.91 Å². The van der Waals surface area contributed by atoms with Crippen molar-refractivity contribution in [2.75, 3.05) is 17.2 Å². The molecular formula is C24H22Cl2N2O6S. The Morgan fingerprint density at radius 3 is 2.31 bits per heavy atom. The summed E-state index contributed by atoms with van der Waals surface area (Å²) in [6.07, 6.45) is -0.0959. The number of benzene rings is 3. The van der Waals surface area contributed by atoms with Gasteiger partial charge < -0.3 is 25.0 Å². The normalized spacial score (nSPS) is 11.7. The van der Waals surface area contributed by atoms with Crippen molar-refractivity contribution in [1.29, 1.82) is 0 Å². The molecule has 0 bridgehead atoms. The van der Waals surface area contributed by atoms with Crippen molar-refractivity contribution in [3.63, 3.8) is 0 Å². The van der Waals surface area contributed by atoms with Crippen LogP contribution in [0.25, 0.3) is 0 Å². The van der Waals surface area contributed by atoms with Crippen LogP contribution < -0.4 is 15.4 Å². The predicted octanol–water partition coefficient (Wildman–Crippen LogP) is 5.55. The van der Waals surface area contributed by atoms with Crippen LogP contribution in [0.2, 0.25) is 10.0 Å². The molecule has 0 saturated heterocycles. The van der Waals surface area contributed by atoms with E-state index in [1.807, 2.05) is 0 Å². The third kappa shape index (κ3) is 6.12. The van der Waals surface area contributed by atoms with E-state index in [1.54, 1.807) is 44.2 Å². The van der Waals surface area contributed by atoms with E-state index in [0.717, 1.165) is 5.56 Å². The number of amides is 1. The summed E-state index contributed by atoms with van der Waals surface area (Å²) < 4.78 is 26.9. The van der Waals surface area contributed by atoms with Crippen LogP contribution in [0.1, 0.15) is 28.4 Å². The van der Waals surface area contributed by atoms with Gasteiger partial charge in [-0.25, -0.2) is 4.21 Å². The van der Waals surface area contributed by atoms with E-state index < -0.39 is 23.0 Å². The largest absolute Gasteiger partial charge is 0.481 e. The predicted molar refractivity (Wildman–Crippen MR) is 136 cm³/mol. The number of hydrogen-bond acceptors (Lipinski definition) is 5. The van der Waals surface area contributed by atoms with Gasteiger partial charge in [-0.2, -0.15) is 0 Å². The Morgan fingerprint density at radius 1 is 1.06 bits per heavy atom. The molecule has 11 heteroatoms. The highest BCUT2D eigenvalue weighted by Gasteiger charge is 2.22. The van der Waals surface area contributed by atoms with Gasteiger partial charge in [0.2, 0.25) is 0 Å². The zero-order chi connectivity index (χ0) is 25.9. The van der Waals surface area contributed by atoms with Gasteiger partial charge in [0.15, 0.2) is 11.1 Å². The van der Waals surface area contributed by atoms with Crippen molar-refractivity contribution in [3.8, 4) is 11.5 Å². The number of nitrogen functional groups attached to an aromatic ring is 1. The molecule has 184 valence electrons. The van der Waals surface area contributed by atoms with Crippen molar-refractivity contribution >= 4 is 57.5 Å². The van der Waals surface area contributed by atoms with Crippen LogP contribution in [0, 0.1) is 6.92 Å². The molecule has 1 atom stereocenters. The summed E-state index contributed by atoms with van der Waals surface area (Å²) in [5.74, 6) is -0.540. The molecule has 8 nitrogen and oxygen atoms in total. The van der Waals surface area contributed by atoms with Crippen LogP contribution in [-0.4, -0.2) is 32.3 Å². The highest BCUT2D eigenvalue weighted by Crippen LogP contribution is 2.35. The van der Waals surface area contributed by atoms with Crippen molar-refractivity contribution in [2.24, 2.45) is 0 Å². The Kier molecular flexibility index (Phi) is 8.39. The van der Waals surface area contributed by atoms with Gasteiger partial charge in [0.1, 0.15) is 11.5 Å². The molecule has 0 fully saturated rings. The van der Waals surface area contributed by atoms with Crippen molar-refractivity contribution < 1.29 is 28.2 Å². The topological polar surface area (TPSA) is 130 Å². The molecule has 0 radical (unpaired) electrons. The monoisotopic (exact) mass is 536 g/mol. The lowest BCUT2D eigenvalue weighted by Crippen LogP contribution is -2.31. The van der Waals surface area contributed by atoms with Gasteiger partial charge in [-0.3, -0.25) is 9.59 Å². The molecule has 1 unspecified atom stereocenters. The number of anilines is 2. The second kappa shape index (κ2) is 11.1. The highest BCUT2D eigenvalue weighted by atomic mass is 35.5. The summed E-state index contributed by atoms with van der Waals surface area (Å²) in [4.78, 5) is 25.4. The van der Waals surface area contributed by atoms with E-state index >= 15 is 0 Å². The van der Waals surface area contributed by atoms with E-state index in [0.29, 0.717) is 17.1 Å². The third-order valence-electron chi connectivity index (χ3n) is 5.11. The SMILES string of the molecule is CCN(C(=O)c1ccc(Oc2ccc(CC(=O)O)cc2C)c(N)c1)c1cc(S(=O)O)c(Cl)cc1Cl. The number of ether oxygens (including phenoxy) is 1. The average Bonchev–Trinajstić information content (AvgIpc) is 2.77. The molecule has 4 N–H and O–H groups in total. The Morgan fingerprint density at radius 2 is 1.74 bits per heavy atom. The molecule has 3 aromatic rings. The van der Waals surface area contributed by atoms with Crippen LogP contribution in [-0.2, 0) is 22.3 Å². The smallest absolute Gasteiger partial charge is 0.307 e. The number of halogens is 2. The van der Waals surface area contributed by atoms with Crippen LogP contribution in [0.15, 0.2) is 53.4 Å². The zero-order valence-corrected chi connectivity index (χ0v) is 21.1. The lowest BCUT2D eigenvalue weighted by Gasteiger charge is -2.23. The van der Waals surface area contributed by atoms with Crippen LogP contribution in [0.4, 0.5) is 11.4 Å². The molecule has 0 aliphatic heterocycles. The van der Waals surface area contributed by atoms with E-state index in [4.69, 9.17) is 38.8 Å². The summed E-state index contributed by atoms with van der Waals surface area (Å²) in [5, 5.41) is 9.11. The number of aryl methyl sites for hydroxylation is 1. The first kappa shape index (κ1) is 26.5. The molecule has 0 aliphatic rings. The summed E-state index contributed by atoms with van der Waals surface area (Å²) in [6, 6.07) is 12.2. The first-order valence-corrected chi connectivity index (χ1v) is 12.2. The van der Waals surface area contributed by atoms with Gasteiger partial charge in [-0.15, -0.1) is 0 Å². The quantitative estimate of drug-likeness (QED) is 0.254. The number of carbonyl (C=O) groups excluding carboxylic acids is 1. The third-order valence-corrected chi connectivity index (χ3v) is 6.55. The number of nitrogens with zero attached hydrogens (tertiary/aromatic N) is 1. The summed E-state index contributed by atoms with van der Waals surface area (Å²) in [7, 11) is 0. The van der Waals surface area contributed by atoms with E-state index in [2.05, 4.69) is 0 Å². The standard InChI is InChI=1S/C24H22Cl2N2O6S/c1-3-28(19-12-22(35(32)33)17(26)11-16(19)25)24(31)15-5-7-21(18(27)10-15)34-20-6-4-14(8-13(20)2)9-23(29)30/h4-8,10-12H,3,9,27H2,1-2H3,(H,29,30)(H,32,33). The molecule has 1 amide bonds. The number of rotatable bonds is 8. The van der Waals surface area contributed by atoms with Crippen LogP contribution in [0.5, 0.6) is 11.5 Å². The molecule has 0 saturated carbocycles. The number of carboxylic acid groups (broad SMARTS) is 1. The molecule has 3 rings (SSSR count). The lowest BCUT2D eigenvalue weighted by atomic mass is 10.1. The van der Waals surface area contributed by atoms with Gasteiger partial charge >= 0.3 is 5.97 Å². The fourth-order valence-corrected chi connectivity index (χ4v) is 4.56. The molecule has 3 aromatic carbocycles.